The van der Waals surface area contributed by atoms with Crippen molar-refractivity contribution < 1.29 is 19.1 Å². The van der Waals surface area contributed by atoms with E-state index in [2.05, 4.69) is 5.32 Å². The number of hydrogen-bond donors (Lipinski definition) is 2. The average molecular weight is 464 g/mol. The van der Waals surface area contributed by atoms with Crippen molar-refractivity contribution in [2.24, 2.45) is 0 Å². The third-order valence-electron chi connectivity index (χ3n) is 5.81. The zero-order valence-corrected chi connectivity index (χ0v) is 19.1. The quantitative estimate of drug-likeness (QED) is 0.390. The molecule has 1 aliphatic carbocycles. The first kappa shape index (κ1) is 22.5. The lowest BCUT2D eigenvalue weighted by atomic mass is 9.95. The van der Waals surface area contributed by atoms with Gasteiger partial charge in [-0.2, -0.15) is 5.26 Å². The lowest BCUT2D eigenvalue weighted by Crippen LogP contribution is -2.13. The molecule has 0 saturated carbocycles. The fraction of sp³-hybridized carbons (Fsp3) is 0.240. The number of carbonyl (C=O) groups is 2. The summed E-state index contributed by atoms with van der Waals surface area (Å²) in [5.41, 5.74) is 3.76. The molecule has 0 spiro atoms. The second kappa shape index (κ2) is 9.04. The smallest absolute Gasteiger partial charge is 0.339 e. The number of aryl methyl sites for hydroxylation is 2. The van der Waals surface area contributed by atoms with Crippen molar-refractivity contribution >= 4 is 35.0 Å². The number of thiophene rings is 1. The number of anilines is 1. The van der Waals surface area contributed by atoms with Crippen molar-refractivity contribution in [1.29, 1.82) is 5.26 Å². The van der Waals surface area contributed by atoms with E-state index in [-0.39, 0.29) is 5.57 Å². The molecule has 0 aliphatic heterocycles. The summed E-state index contributed by atoms with van der Waals surface area (Å²) in [6.45, 7) is 3.72. The van der Waals surface area contributed by atoms with Crippen molar-refractivity contribution in [2.45, 2.75) is 39.5 Å². The number of rotatable bonds is 5. The Hall–Kier alpha value is -3.70. The van der Waals surface area contributed by atoms with E-state index < -0.39 is 17.7 Å². The molecule has 2 heterocycles. The molecule has 0 saturated heterocycles. The van der Waals surface area contributed by atoms with Gasteiger partial charge in [0.05, 0.1) is 5.56 Å². The van der Waals surface area contributed by atoms with Crippen molar-refractivity contribution in [3.8, 4) is 11.1 Å². The molecule has 33 heavy (non-hydrogen) atoms. The number of nitrogens with zero attached hydrogens (tertiary/aromatic N) is 2. The zero-order chi connectivity index (χ0) is 23.7. The topological polar surface area (TPSA) is 95.1 Å². The molecule has 6 nitrogen and oxygen atoms in total. The van der Waals surface area contributed by atoms with Gasteiger partial charge in [-0.15, -0.1) is 11.3 Å². The fourth-order valence-electron chi connectivity index (χ4n) is 4.21. The number of nitriles is 1. The maximum atomic E-state index is 13.1. The summed E-state index contributed by atoms with van der Waals surface area (Å²) >= 11 is 1.51. The average Bonchev–Trinajstić information content (AvgIpc) is 3.29. The highest BCUT2D eigenvalue weighted by Gasteiger charge is 2.27. The Balaban J connectivity index is 1.72. The molecule has 0 radical (unpaired) electrons. The van der Waals surface area contributed by atoms with Crippen molar-refractivity contribution in [1.82, 2.24) is 4.57 Å². The van der Waals surface area contributed by atoms with Crippen LogP contribution in [0.4, 0.5) is 10.1 Å². The molecule has 1 aromatic carbocycles. The molecule has 0 atom stereocenters. The molecule has 8 heteroatoms. The first-order valence-corrected chi connectivity index (χ1v) is 11.4. The Kier molecular flexibility index (Phi) is 6.16. The Morgan fingerprint density at radius 2 is 1.91 bits per heavy atom. The number of carbonyl (C=O) groups excluding carboxylic acids is 1. The van der Waals surface area contributed by atoms with Gasteiger partial charge in [0.2, 0.25) is 0 Å². The van der Waals surface area contributed by atoms with Gasteiger partial charge < -0.3 is 15.0 Å². The Labute approximate surface area is 194 Å². The molecular weight excluding hydrogens is 441 g/mol. The summed E-state index contributed by atoms with van der Waals surface area (Å²) in [5.74, 6) is -1.97. The molecule has 3 aromatic rings. The SMILES string of the molecule is Cc1cc(C=C(C#N)C(=O)Nc2ccc(F)cc2)c(C)n1-c1sc2c(c1C(=O)O)CCCC2. The molecule has 2 N–H and O–H groups in total. The van der Waals surface area contributed by atoms with Gasteiger partial charge in [0.15, 0.2) is 0 Å². The molecule has 168 valence electrons. The molecule has 2 aromatic heterocycles. The van der Waals surface area contributed by atoms with Crippen LogP contribution < -0.4 is 5.32 Å². The van der Waals surface area contributed by atoms with Crippen molar-refractivity contribution in [3.63, 3.8) is 0 Å². The number of carboxylic acid groups (broad SMARTS) is 1. The lowest BCUT2D eigenvalue weighted by molar-refractivity contribution is -0.112. The normalized spacial score (nSPS) is 13.3. The van der Waals surface area contributed by atoms with Gasteiger partial charge >= 0.3 is 5.97 Å². The molecule has 0 fully saturated rings. The summed E-state index contributed by atoms with van der Waals surface area (Å²) in [4.78, 5) is 25.9. The number of aromatic carboxylic acids is 1. The van der Waals surface area contributed by atoms with Crippen LogP contribution in [0.25, 0.3) is 11.1 Å². The second-order valence-corrected chi connectivity index (χ2v) is 9.07. The van der Waals surface area contributed by atoms with Crippen LogP contribution in [0, 0.1) is 31.0 Å². The molecule has 4 rings (SSSR count). The molecule has 0 unspecified atom stereocenters. The standard InChI is InChI=1S/C25H22FN3O3S/c1-14-11-16(12-17(13-27)23(30)28-19-9-7-18(26)8-10-19)15(2)29(14)24-22(25(31)32)20-5-3-4-6-21(20)33-24/h7-12H,3-6H2,1-2H3,(H,28,30)(H,31,32). The van der Waals surface area contributed by atoms with Crippen LogP contribution >= 0.6 is 11.3 Å². The van der Waals surface area contributed by atoms with Crippen LogP contribution in [-0.4, -0.2) is 21.6 Å². The highest BCUT2D eigenvalue weighted by molar-refractivity contribution is 7.15. The van der Waals surface area contributed by atoms with E-state index in [9.17, 15) is 24.3 Å². The van der Waals surface area contributed by atoms with E-state index in [4.69, 9.17) is 0 Å². The van der Waals surface area contributed by atoms with Gasteiger partial charge in [-0.05, 0) is 87.1 Å². The van der Waals surface area contributed by atoms with Gasteiger partial charge in [0.25, 0.3) is 5.91 Å². The van der Waals surface area contributed by atoms with Crippen LogP contribution in [-0.2, 0) is 17.6 Å². The van der Waals surface area contributed by atoms with Gasteiger partial charge in [-0.1, -0.05) is 0 Å². The predicted molar refractivity (Wildman–Crippen MR) is 125 cm³/mol. The second-order valence-electron chi connectivity index (χ2n) is 7.99. The van der Waals surface area contributed by atoms with Crippen LogP contribution in [0.3, 0.4) is 0 Å². The fourth-order valence-corrected chi connectivity index (χ4v) is 5.70. The van der Waals surface area contributed by atoms with Crippen LogP contribution in [0.5, 0.6) is 0 Å². The number of nitrogens with one attached hydrogen (secondary N) is 1. The van der Waals surface area contributed by atoms with Crippen LogP contribution in [0.1, 0.15) is 50.6 Å². The molecule has 1 amide bonds. The van der Waals surface area contributed by atoms with Crippen LogP contribution in [0.2, 0.25) is 0 Å². The first-order valence-electron chi connectivity index (χ1n) is 10.6. The number of fused-ring (bicyclic) bond motifs is 1. The maximum Gasteiger partial charge on any atom is 0.339 e. The summed E-state index contributed by atoms with van der Waals surface area (Å²) in [6, 6.07) is 9.03. The number of benzene rings is 1. The minimum atomic E-state index is -0.939. The van der Waals surface area contributed by atoms with E-state index in [1.807, 2.05) is 30.6 Å². The summed E-state index contributed by atoms with van der Waals surface area (Å²) in [5, 5.41) is 22.8. The van der Waals surface area contributed by atoms with E-state index >= 15 is 0 Å². The lowest BCUT2D eigenvalue weighted by Gasteiger charge is -2.11. The highest BCUT2D eigenvalue weighted by atomic mass is 32.1. The predicted octanol–water partition coefficient (Wildman–Crippen LogP) is 5.42. The molecular formula is C25H22FN3O3S. The number of halogens is 1. The minimum Gasteiger partial charge on any atom is -0.478 e. The number of hydrogen-bond acceptors (Lipinski definition) is 4. The zero-order valence-electron chi connectivity index (χ0n) is 18.2. The summed E-state index contributed by atoms with van der Waals surface area (Å²) in [6.07, 6.45) is 5.18. The van der Waals surface area contributed by atoms with E-state index in [0.29, 0.717) is 21.8 Å². The van der Waals surface area contributed by atoms with E-state index in [1.54, 1.807) is 0 Å². The summed E-state index contributed by atoms with van der Waals surface area (Å²) in [7, 11) is 0. The Bertz CT molecular complexity index is 1330. The van der Waals surface area contributed by atoms with E-state index in [1.165, 1.54) is 41.7 Å². The highest BCUT2D eigenvalue weighted by Crippen LogP contribution is 2.39. The first-order chi connectivity index (χ1) is 15.8. The minimum absolute atomic E-state index is 0.108. The van der Waals surface area contributed by atoms with Gasteiger partial charge in [0.1, 0.15) is 22.5 Å². The van der Waals surface area contributed by atoms with Gasteiger partial charge in [-0.25, -0.2) is 9.18 Å². The molecule has 0 bridgehead atoms. The molecule has 1 aliphatic rings. The third-order valence-corrected chi connectivity index (χ3v) is 7.08. The summed E-state index contributed by atoms with van der Waals surface area (Å²) < 4.78 is 15.0. The van der Waals surface area contributed by atoms with Crippen molar-refractivity contribution in [3.05, 3.63) is 74.7 Å². The Morgan fingerprint density at radius 3 is 2.58 bits per heavy atom. The van der Waals surface area contributed by atoms with Crippen molar-refractivity contribution in [2.75, 3.05) is 5.32 Å². The largest absolute Gasteiger partial charge is 0.478 e. The number of carboxylic acids is 1. The third kappa shape index (κ3) is 4.32. The van der Waals surface area contributed by atoms with E-state index in [0.717, 1.165) is 47.5 Å². The Morgan fingerprint density at radius 1 is 1.21 bits per heavy atom. The maximum absolute atomic E-state index is 13.1. The number of amides is 1. The van der Waals surface area contributed by atoms with Gasteiger partial charge in [0, 0.05) is 22.0 Å². The monoisotopic (exact) mass is 463 g/mol. The number of aromatic nitrogens is 1. The van der Waals surface area contributed by atoms with Crippen LogP contribution in [0.15, 0.2) is 35.9 Å². The van der Waals surface area contributed by atoms with Gasteiger partial charge in [-0.3, -0.25) is 4.79 Å².